The van der Waals surface area contributed by atoms with E-state index in [1.807, 2.05) is 30.5 Å². The van der Waals surface area contributed by atoms with Crippen LogP contribution in [0.3, 0.4) is 0 Å². The van der Waals surface area contributed by atoms with Gasteiger partial charge in [-0.05, 0) is 30.5 Å². The molecule has 0 N–H and O–H groups in total. The molecule has 0 aliphatic heterocycles. The summed E-state index contributed by atoms with van der Waals surface area (Å²) in [5, 5.41) is 6.68. The third-order valence-corrected chi connectivity index (χ3v) is 5.02. The van der Waals surface area contributed by atoms with Crippen molar-refractivity contribution in [3.05, 3.63) is 63.1 Å². The number of nitrogens with zero attached hydrogens (tertiary/aromatic N) is 3. The minimum atomic E-state index is -0.135. The summed E-state index contributed by atoms with van der Waals surface area (Å²) in [4.78, 5) is 27.3. The average Bonchev–Trinajstić information content (AvgIpc) is 3.10. The highest BCUT2D eigenvalue weighted by Crippen LogP contribution is 2.23. The van der Waals surface area contributed by atoms with Crippen molar-refractivity contribution in [1.29, 1.82) is 0 Å². The summed E-state index contributed by atoms with van der Waals surface area (Å²) >= 11 is 1.63. The molecular weight excluding hydrogens is 310 g/mol. The fourth-order valence-electron chi connectivity index (χ4n) is 2.46. The predicted molar refractivity (Wildman–Crippen MR) is 91.5 cm³/mol. The van der Waals surface area contributed by atoms with Crippen molar-refractivity contribution in [2.24, 2.45) is 0 Å². The van der Waals surface area contributed by atoms with Crippen molar-refractivity contribution in [3.63, 3.8) is 0 Å². The van der Waals surface area contributed by atoms with E-state index in [1.165, 1.54) is 6.20 Å². The lowest BCUT2D eigenvalue weighted by Gasteiger charge is -2.24. The zero-order valence-electron chi connectivity index (χ0n) is 13.0. The van der Waals surface area contributed by atoms with Crippen molar-refractivity contribution in [3.8, 4) is 0 Å². The van der Waals surface area contributed by atoms with E-state index in [-0.39, 0.29) is 23.9 Å². The van der Waals surface area contributed by atoms with E-state index in [4.69, 9.17) is 0 Å². The Hall–Kier alpha value is -2.47. The molecule has 2 aromatic heterocycles. The number of carbonyl (C=O) groups excluding carboxylic acids is 1. The maximum absolute atomic E-state index is 12.6. The van der Waals surface area contributed by atoms with E-state index in [0.717, 1.165) is 4.88 Å². The number of benzene rings is 1. The molecule has 3 rings (SSSR count). The predicted octanol–water partition coefficient (Wildman–Crippen LogP) is 2.68. The molecule has 0 saturated carbocycles. The molecule has 0 spiro atoms. The maximum atomic E-state index is 12.6. The smallest absolute Gasteiger partial charge is 0.244 e. The van der Waals surface area contributed by atoms with E-state index < -0.39 is 0 Å². The minimum absolute atomic E-state index is 0.00754. The van der Waals surface area contributed by atoms with E-state index in [0.29, 0.717) is 10.9 Å². The summed E-state index contributed by atoms with van der Waals surface area (Å²) in [7, 11) is 1.79. The number of carbonyl (C=O) groups is 1. The van der Waals surface area contributed by atoms with E-state index >= 15 is 0 Å². The molecule has 0 saturated heterocycles. The quantitative estimate of drug-likeness (QED) is 0.740. The Morgan fingerprint density at radius 1 is 1.30 bits per heavy atom. The van der Waals surface area contributed by atoms with Crippen LogP contribution in [0.2, 0.25) is 0 Å². The molecule has 5 nitrogen and oxygen atoms in total. The first-order valence-electron chi connectivity index (χ1n) is 7.32. The van der Waals surface area contributed by atoms with Crippen LogP contribution >= 0.6 is 11.3 Å². The zero-order chi connectivity index (χ0) is 16.4. The second kappa shape index (κ2) is 6.34. The van der Waals surface area contributed by atoms with E-state index in [9.17, 15) is 9.59 Å². The van der Waals surface area contributed by atoms with Gasteiger partial charge in [0.25, 0.3) is 0 Å². The molecule has 23 heavy (non-hydrogen) atoms. The Labute approximate surface area is 137 Å². The van der Waals surface area contributed by atoms with Gasteiger partial charge in [0.1, 0.15) is 6.54 Å². The highest BCUT2D eigenvalue weighted by Gasteiger charge is 2.19. The number of likely N-dealkylation sites (N-methyl/N-ethyl adjacent to an activating group) is 1. The van der Waals surface area contributed by atoms with Gasteiger partial charge in [-0.25, -0.2) is 0 Å². The Kier molecular flexibility index (Phi) is 4.25. The van der Waals surface area contributed by atoms with Gasteiger partial charge >= 0.3 is 0 Å². The molecule has 118 valence electrons. The van der Waals surface area contributed by atoms with Gasteiger partial charge in [0, 0.05) is 17.3 Å². The molecule has 0 aliphatic rings. The molecule has 2 heterocycles. The zero-order valence-corrected chi connectivity index (χ0v) is 13.8. The molecule has 1 amide bonds. The number of aromatic nitrogens is 2. The standard InChI is InChI=1S/C17H17N3O2S/c1-12(16-8-5-9-23-16)19(2)17(22)11-20-14-7-4-3-6-13(14)15(21)10-18-20/h3-10,12H,11H2,1-2H3/t12-/m1/s1. The first kappa shape index (κ1) is 15.4. The topological polar surface area (TPSA) is 55.2 Å². The summed E-state index contributed by atoms with van der Waals surface area (Å²) in [5.74, 6) is -0.0489. The van der Waals surface area contributed by atoms with Gasteiger partial charge in [-0.15, -0.1) is 11.3 Å². The summed E-state index contributed by atoms with van der Waals surface area (Å²) < 4.78 is 1.58. The molecule has 3 aromatic rings. The van der Waals surface area contributed by atoms with Gasteiger partial charge in [0.15, 0.2) is 0 Å². The lowest BCUT2D eigenvalue weighted by atomic mass is 10.2. The fourth-order valence-corrected chi connectivity index (χ4v) is 3.29. The third kappa shape index (κ3) is 3.03. The largest absolute Gasteiger partial charge is 0.337 e. The molecule has 1 atom stereocenters. The van der Waals surface area contributed by atoms with Crippen LogP contribution in [-0.4, -0.2) is 27.6 Å². The Bertz CT molecular complexity index is 886. The van der Waals surface area contributed by atoms with Crippen molar-refractivity contribution in [1.82, 2.24) is 14.7 Å². The Morgan fingerprint density at radius 2 is 2.09 bits per heavy atom. The number of rotatable bonds is 4. The number of fused-ring (bicyclic) bond motifs is 1. The van der Waals surface area contributed by atoms with Crippen LogP contribution in [0.4, 0.5) is 0 Å². The second-order valence-corrected chi connectivity index (χ2v) is 6.36. The van der Waals surface area contributed by atoms with Crippen molar-refractivity contribution in [2.75, 3.05) is 7.05 Å². The Morgan fingerprint density at radius 3 is 2.83 bits per heavy atom. The summed E-state index contributed by atoms with van der Waals surface area (Å²) in [6, 6.07) is 11.2. The number of hydrogen-bond donors (Lipinski definition) is 0. The van der Waals surface area contributed by atoms with Crippen LogP contribution < -0.4 is 5.43 Å². The van der Waals surface area contributed by atoms with E-state index in [1.54, 1.807) is 46.2 Å². The molecule has 0 fully saturated rings. The molecule has 6 heteroatoms. The lowest BCUT2D eigenvalue weighted by Crippen LogP contribution is -2.33. The van der Waals surface area contributed by atoms with Crippen LogP contribution in [0.15, 0.2) is 52.8 Å². The maximum Gasteiger partial charge on any atom is 0.244 e. The average molecular weight is 327 g/mol. The monoisotopic (exact) mass is 327 g/mol. The summed E-state index contributed by atoms with van der Waals surface area (Å²) in [5.41, 5.74) is 0.537. The highest BCUT2D eigenvalue weighted by atomic mass is 32.1. The van der Waals surface area contributed by atoms with Gasteiger partial charge < -0.3 is 4.90 Å². The van der Waals surface area contributed by atoms with E-state index in [2.05, 4.69) is 5.10 Å². The number of thiophene rings is 1. The van der Waals surface area contributed by atoms with Gasteiger partial charge in [-0.2, -0.15) is 5.10 Å². The molecule has 0 radical (unpaired) electrons. The molecule has 0 aliphatic carbocycles. The summed E-state index contributed by atoms with van der Waals surface area (Å²) in [6.07, 6.45) is 1.26. The first-order valence-corrected chi connectivity index (χ1v) is 8.20. The Balaban J connectivity index is 1.86. The van der Waals surface area contributed by atoms with Crippen molar-refractivity contribution >= 4 is 28.1 Å². The van der Waals surface area contributed by atoms with Gasteiger partial charge in [0.05, 0.1) is 17.8 Å². The second-order valence-electron chi connectivity index (χ2n) is 5.38. The van der Waals surface area contributed by atoms with Gasteiger partial charge in [-0.3, -0.25) is 14.3 Å². The lowest BCUT2D eigenvalue weighted by molar-refractivity contribution is -0.132. The molecular formula is C17H17N3O2S. The van der Waals surface area contributed by atoms with Crippen molar-refractivity contribution in [2.45, 2.75) is 19.5 Å². The minimum Gasteiger partial charge on any atom is -0.337 e. The van der Waals surface area contributed by atoms with Crippen LogP contribution in [0, 0.1) is 0 Å². The number of hydrogen-bond acceptors (Lipinski definition) is 4. The molecule has 1 aromatic carbocycles. The van der Waals surface area contributed by atoms with Gasteiger partial charge in [0.2, 0.25) is 11.3 Å². The van der Waals surface area contributed by atoms with Gasteiger partial charge in [-0.1, -0.05) is 18.2 Å². The molecule has 0 unspecified atom stereocenters. The number of amides is 1. The van der Waals surface area contributed by atoms with Crippen LogP contribution in [-0.2, 0) is 11.3 Å². The SMILES string of the molecule is C[C@H](c1cccs1)N(C)C(=O)Cn1ncc(=O)c2ccccc21. The van der Waals surface area contributed by atoms with Crippen LogP contribution in [0.25, 0.3) is 10.9 Å². The highest BCUT2D eigenvalue weighted by molar-refractivity contribution is 7.10. The van der Waals surface area contributed by atoms with Crippen LogP contribution in [0.1, 0.15) is 17.8 Å². The van der Waals surface area contributed by atoms with Crippen LogP contribution in [0.5, 0.6) is 0 Å². The summed E-state index contributed by atoms with van der Waals surface area (Å²) in [6.45, 7) is 2.10. The third-order valence-electron chi connectivity index (χ3n) is 3.98. The molecule has 0 bridgehead atoms. The normalized spacial score (nSPS) is 12.3. The number of para-hydroxylation sites is 1. The van der Waals surface area contributed by atoms with Crippen molar-refractivity contribution < 1.29 is 4.79 Å². The fraction of sp³-hybridized carbons (Fsp3) is 0.235. The first-order chi connectivity index (χ1) is 11.1.